The molecule has 0 saturated carbocycles. The number of carbonyl (C=O) groups excluding carboxylic acids is 2. The van der Waals surface area contributed by atoms with Crippen LogP contribution in [-0.4, -0.2) is 36.4 Å². The molecule has 362 valence electrons. The first-order valence-corrected chi connectivity index (χ1v) is 27.2. The van der Waals surface area contributed by atoms with Gasteiger partial charge in [0.1, 0.15) is 6.61 Å². The summed E-state index contributed by atoms with van der Waals surface area (Å²) in [5.41, 5.74) is 0. The van der Waals surface area contributed by atoms with E-state index in [1.165, 1.54) is 186 Å². The Bertz CT molecular complexity index is 1030. The van der Waals surface area contributed by atoms with Crippen LogP contribution in [0.4, 0.5) is 0 Å². The van der Waals surface area contributed by atoms with Gasteiger partial charge in [0.15, 0.2) is 6.10 Å². The van der Waals surface area contributed by atoms with Gasteiger partial charge in [-0.3, -0.25) is 9.59 Å². The summed E-state index contributed by atoms with van der Waals surface area (Å²) in [7, 11) is 0. The molecule has 0 bridgehead atoms. The molecule has 62 heavy (non-hydrogen) atoms. The van der Waals surface area contributed by atoms with Gasteiger partial charge in [0.25, 0.3) is 0 Å². The molecule has 0 aliphatic rings. The van der Waals surface area contributed by atoms with Gasteiger partial charge in [-0.05, 0) is 70.6 Å². The van der Waals surface area contributed by atoms with E-state index >= 15 is 0 Å². The number of esters is 2. The number of unbranched alkanes of at least 4 members (excludes halogenated alkanes) is 34. The van der Waals surface area contributed by atoms with Crippen molar-refractivity contribution in [1.82, 2.24) is 0 Å². The molecule has 0 aliphatic heterocycles. The summed E-state index contributed by atoms with van der Waals surface area (Å²) in [5.74, 6) is -0.601. The molecule has 1 atom stereocenters. The Labute approximate surface area is 386 Å². The van der Waals surface area contributed by atoms with E-state index in [1.807, 2.05) is 0 Å². The predicted molar refractivity (Wildman–Crippen MR) is 270 cm³/mol. The van der Waals surface area contributed by atoms with Crippen LogP contribution in [0.1, 0.15) is 284 Å². The maximum Gasteiger partial charge on any atom is 0.306 e. The van der Waals surface area contributed by atoms with Gasteiger partial charge in [-0.15, -0.1) is 0 Å². The van der Waals surface area contributed by atoms with Gasteiger partial charge in [-0.1, -0.05) is 249 Å². The highest BCUT2D eigenvalue weighted by Gasteiger charge is 2.16. The smallest absolute Gasteiger partial charge is 0.306 e. The fraction of sp³-hybridized carbons (Fsp3) is 0.825. The lowest BCUT2D eigenvalue weighted by molar-refractivity contribution is -0.161. The zero-order chi connectivity index (χ0) is 44.9. The zero-order valence-electron chi connectivity index (χ0n) is 41.4. The predicted octanol–water partition coefficient (Wildman–Crippen LogP) is 18.1. The molecule has 0 aromatic heterocycles. The van der Waals surface area contributed by atoms with Crippen LogP contribution >= 0.6 is 0 Å². The summed E-state index contributed by atoms with van der Waals surface area (Å²) in [5, 5.41) is 9.61. The Morgan fingerprint density at radius 3 is 1.06 bits per heavy atom. The van der Waals surface area contributed by atoms with Crippen molar-refractivity contribution < 1.29 is 24.2 Å². The summed E-state index contributed by atoms with van der Waals surface area (Å²) in [6.07, 6.45) is 69.5. The summed E-state index contributed by atoms with van der Waals surface area (Å²) in [6, 6.07) is 0. The first-order chi connectivity index (χ1) is 30.6. The number of rotatable bonds is 50. The fourth-order valence-electron chi connectivity index (χ4n) is 8.04. The Morgan fingerprint density at radius 1 is 0.387 bits per heavy atom. The van der Waals surface area contributed by atoms with E-state index in [9.17, 15) is 14.7 Å². The van der Waals surface area contributed by atoms with Gasteiger partial charge in [-0.2, -0.15) is 0 Å². The molecule has 0 aromatic rings. The number of hydrogen-bond donors (Lipinski definition) is 1. The Morgan fingerprint density at radius 2 is 0.694 bits per heavy atom. The highest BCUT2D eigenvalue weighted by Crippen LogP contribution is 2.17. The topological polar surface area (TPSA) is 72.8 Å². The minimum absolute atomic E-state index is 0.0708. The van der Waals surface area contributed by atoms with E-state index in [-0.39, 0.29) is 25.2 Å². The van der Waals surface area contributed by atoms with Gasteiger partial charge < -0.3 is 14.6 Å². The SMILES string of the molecule is CC/C=C\C/C=C\C/C=C\CCCCCCCC(=O)OC(CO)COC(=O)CCCCCCCCCCCCCCCCCCCCCCC/C=C\CCCCCCCCCC. The van der Waals surface area contributed by atoms with Crippen LogP contribution in [-0.2, 0) is 19.1 Å². The summed E-state index contributed by atoms with van der Waals surface area (Å²) in [6.45, 7) is 4.04. The van der Waals surface area contributed by atoms with Crippen LogP contribution in [0, 0.1) is 0 Å². The van der Waals surface area contributed by atoms with E-state index < -0.39 is 6.10 Å². The standard InChI is InChI=1S/C57H104O5/c1-3-5-7-9-11-13-15-17-19-20-21-22-23-24-25-26-27-28-29-30-31-32-33-34-35-36-38-39-41-43-45-47-49-51-56(59)61-54-55(53-58)62-57(60)52-50-48-46-44-42-40-37-18-16-14-12-10-8-6-4-2/h6,8,12,14,18,20-21,37,55,58H,3-5,7,9-11,13,15-17,19,22-36,38-54H2,1-2H3/b8-6-,14-12-,21-20-,37-18-. The van der Waals surface area contributed by atoms with Gasteiger partial charge in [-0.25, -0.2) is 0 Å². The molecule has 1 unspecified atom stereocenters. The highest BCUT2D eigenvalue weighted by atomic mass is 16.6. The second-order valence-electron chi connectivity index (χ2n) is 18.3. The normalized spacial score (nSPS) is 12.5. The molecule has 0 heterocycles. The van der Waals surface area contributed by atoms with Crippen LogP contribution in [0.2, 0.25) is 0 Å². The molecule has 0 fully saturated rings. The second kappa shape index (κ2) is 53.2. The van der Waals surface area contributed by atoms with Crippen molar-refractivity contribution in [3.8, 4) is 0 Å². The lowest BCUT2D eigenvalue weighted by Crippen LogP contribution is -2.28. The Kier molecular flexibility index (Phi) is 51.4. The number of hydrogen-bond acceptors (Lipinski definition) is 5. The van der Waals surface area contributed by atoms with Crippen molar-refractivity contribution in [2.24, 2.45) is 0 Å². The number of aliphatic hydroxyl groups is 1. The van der Waals surface area contributed by atoms with Crippen LogP contribution < -0.4 is 0 Å². The van der Waals surface area contributed by atoms with E-state index in [4.69, 9.17) is 9.47 Å². The fourth-order valence-corrected chi connectivity index (χ4v) is 8.04. The number of ether oxygens (including phenoxy) is 2. The van der Waals surface area contributed by atoms with Gasteiger partial charge >= 0.3 is 11.9 Å². The van der Waals surface area contributed by atoms with Crippen molar-refractivity contribution in [3.05, 3.63) is 48.6 Å². The molecule has 0 saturated heterocycles. The second-order valence-corrected chi connectivity index (χ2v) is 18.3. The van der Waals surface area contributed by atoms with E-state index in [2.05, 4.69) is 62.5 Å². The third-order valence-corrected chi connectivity index (χ3v) is 12.1. The summed E-state index contributed by atoms with van der Waals surface area (Å²) in [4.78, 5) is 24.4. The minimum atomic E-state index is -0.780. The zero-order valence-corrected chi connectivity index (χ0v) is 41.4. The quantitative estimate of drug-likeness (QED) is 0.0375. The van der Waals surface area contributed by atoms with Gasteiger partial charge in [0, 0.05) is 12.8 Å². The summed E-state index contributed by atoms with van der Waals surface area (Å²) < 4.78 is 10.7. The molecular weight excluding hydrogens is 765 g/mol. The van der Waals surface area contributed by atoms with Crippen molar-refractivity contribution in [3.63, 3.8) is 0 Å². The molecule has 0 spiro atoms. The van der Waals surface area contributed by atoms with E-state index in [0.29, 0.717) is 12.8 Å². The van der Waals surface area contributed by atoms with Crippen molar-refractivity contribution in [1.29, 1.82) is 0 Å². The monoisotopic (exact) mass is 869 g/mol. The average Bonchev–Trinajstić information content (AvgIpc) is 3.28. The molecule has 0 amide bonds. The number of aliphatic hydroxyl groups excluding tert-OH is 1. The highest BCUT2D eigenvalue weighted by molar-refractivity contribution is 5.70. The molecule has 5 nitrogen and oxygen atoms in total. The lowest BCUT2D eigenvalue weighted by atomic mass is 10.0. The summed E-state index contributed by atoms with van der Waals surface area (Å²) >= 11 is 0. The maximum atomic E-state index is 12.2. The molecule has 1 N–H and O–H groups in total. The maximum absolute atomic E-state index is 12.2. The molecule has 0 rings (SSSR count). The number of allylic oxidation sites excluding steroid dienone is 8. The first-order valence-electron chi connectivity index (χ1n) is 27.2. The minimum Gasteiger partial charge on any atom is -0.462 e. The third kappa shape index (κ3) is 50.5. The third-order valence-electron chi connectivity index (χ3n) is 12.1. The van der Waals surface area contributed by atoms with Gasteiger partial charge in [0.05, 0.1) is 6.61 Å². The molecule has 5 heteroatoms. The first kappa shape index (κ1) is 59.9. The van der Waals surface area contributed by atoms with E-state index in [0.717, 1.165) is 70.6 Å². The van der Waals surface area contributed by atoms with Crippen LogP contribution in [0.5, 0.6) is 0 Å². The Hall–Kier alpha value is -2.14. The molecule has 0 aromatic carbocycles. The van der Waals surface area contributed by atoms with Crippen LogP contribution in [0.25, 0.3) is 0 Å². The van der Waals surface area contributed by atoms with Crippen LogP contribution in [0.3, 0.4) is 0 Å². The molecular formula is C57H104O5. The van der Waals surface area contributed by atoms with Crippen LogP contribution in [0.15, 0.2) is 48.6 Å². The number of carbonyl (C=O) groups is 2. The molecule has 0 aliphatic carbocycles. The largest absolute Gasteiger partial charge is 0.462 e. The molecule has 0 radical (unpaired) electrons. The average molecular weight is 869 g/mol. The van der Waals surface area contributed by atoms with Crippen molar-refractivity contribution >= 4 is 11.9 Å². The Balaban J connectivity index is 3.41. The van der Waals surface area contributed by atoms with Crippen molar-refractivity contribution in [2.45, 2.75) is 290 Å². The lowest BCUT2D eigenvalue weighted by Gasteiger charge is -2.15. The van der Waals surface area contributed by atoms with E-state index in [1.54, 1.807) is 0 Å². The van der Waals surface area contributed by atoms with Crippen molar-refractivity contribution in [2.75, 3.05) is 13.2 Å². The van der Waals surface area contributed by atoms with Gasteiger partial charge in [0.2, 0.25) is 0 Å².